The van der Waals surface area contributed by atoms with Gasteiger partial charge in [0.2, 0.25) is 5.91 Å². The number of amides is 1. The Bertz CT molecular complexity index is 840. The third-order valence-corrected chi connectivity index (χ3v) is 3.83. The highest BCUT2D eigenvalue weighted by atomic mass is 35.5. The molecule has 1 amide bonds. The molecule has 1 aromatic carbocycles. The van der Waals surface area contributed by atoms with E-state index in [-0.39, 0.29) is 10.9 Å². The maximum atomic E-state index is 13.0. The van der Waals surface area contributed by atoms with Crippen LogP contribution in [0.5, 0.6) is 0 Å². The van der Waals surface area contributed by atoms with E-state index in [2.05, 4.69) is 10.3 Å². The highest BCUT2D eigenvalue weighted by Gasteiger charge is 2.04. The molecule has 1 N–H and O–H groups in total. The predicted octanol–water partition coefficient (Wildman–Crippen LogP) is 3.84. The van der Waals surface area contributed by atoms with Crippen molar-refractivity contribution in [3.8, 4) is 0 Å². The molecule has 3 rings (SSSR count). The summed E-state index contributed by atoms with van der Waals surface area (Å²) < 4.78 is 14.9. The number of carbonyl (C=O) groups excluding carboxylic acids is 1. The Morgan fingerprint density at radius 2 is 2.33 bits per heavy atom. The van der Waals surface area contributed by atoms with E-state index < -0.39 is 5.82 Å². The van der Waals surface area contributed by atoms with Crippen molar-refractivity contribution < 1.29 is 9.18 Å². The van der Waals surface area contributed by atoms with Crippen molar-refractivity contribution in [3.63, 3.8) is 0 Å². The maximum Gasteiger partial charge on any atom is 0.248 e. The standard InChI is InChI=1S/C14H9ClFN3OS/c15-11-7-9(1-3-12(11)16)18-13(20)4-2-10-8-17-14-19(10)5-6-21-14/h1-8H,(H,18,20)/b4-2+. The van der Waals surface area contributed by atoms with Crippen LogP contribution >= 0.6 is 22.9 Å². The molecule has 7 heteroatoms. The highest BCUT2D eigenvalue weighted by Crippen LogP contribution is 2.19. The molecule has 0 unspecified atom stereocenters. The normalized spacial score (nSPS) is 11.3. The van der Waals surface area contributed by atoms with Crippen molar-refractivity contribution in [1.82, 2.24) is 9.38 Å². The van der Waals surface area contributed by atoms with Gasteiger partial charge in [-0.05, 0) is 24.3 Å². The fourth-order valence-electron chi connectivity index (χ4n) is 1.79. The number of nitrogens with zero attached hydrogens (tertiary/aromatic N) is 2. The van der Waals surface area contributed by atoms with Crippen LogP contribution in [0.3, 0.4) is 0 Å². The number of halogens is 2. The molecule has 0 radical (unpaired) electrons. The van der Waals surface area contributed by atoms with Gasteiger partial charge in [-0.2, -0.15) is 0 Å². The van der Waals surface area contributed by atoms with Crippen LogP contribution in [0, 0.1) is 5.82 Å². The average Bonchev–Trinajstić information content (AvgIpc) is 3.04. The van der Waals surface area contributed by atoms with E-state index in [0.29, 0.717) is 5.69 Å². The second-order valence-corrected chi connectivity index (χ2v) is 5.47. The van der Waals surface area contributed by atoms with Crippen LogP contribution in [-0.2, 0) is 4.79 Å². The number of aromatic nitrogens is 2. The Morgan fingerprint density at radius 1 is 1.48 bits per heavy atom. The minimum Gasteiger partial charge on any atom is -0.322 e. The highest BCUT2D eigenvalue weighted by molar-refractivity contribution is 7.15. The minimum absolute atomic E-state index is 0.0347. The average molecular weight is 322 g/mol. The molecule has 0 fully saturated rings. The van der Waals surface area contributed by atoms with Crippen molar-refractivity contribution in [3.05, 3.63) is 58.6 Å². The van der Waals surface area contributed by atoms with Crippen LogP contribution < -0.4 is 5.32 Å². The number of fused-ring (bicyclic) bond motifs is 1. The SMILES string of the molecule is O=C(/C=C/c1cnc2sccn12)Nc1ccc(F)c(Cl)c1. The van der Waals surface area contributed by atoms with Crippen molar-refractivity contribution in [2.75, 3.05) is 5.32 Å². The Morgan fingerprint density at radius 3 is 3.14 bits per heavy atom. The summed E-state index contributed by atoms with van der Waals surface area (Å²) >= 11 is 7.17. The summed E-state index contributed by atoms with van der Waals surface area (Å²) in [7, 11) is 0. The number of anilines is 1. The molecule has 0 spiro atoms. The van der Waals surface area contributed by atoms with E-state index in [1.165, 1.54) is 35.6 Å². The van der Waals surface area contributed by atoms with Crippen molar-refractivity contribution in [2.24, 2.45) is 0 Å². The van der Waals surface area contributed by atoms with Gasteiger partial charge in [0.15, 0.2) is 4.96 Å². The van der Waals surface area contributed by atoms with Gasteiger partial charge in [-0.15, -0.1) is 11.3 Å². The van der Waals surface area contributed by atoms with Gasteiger partial charge in [0.05, 0.1) is 16.9 Å². The monoisotopic (exact) mass is 321 g/mol. The molecular weight excluding hydrogens is 313 g/mol. The molecule has 0 aliphatic heterocycles. The Kier molecular flexibility index (Phi) is 3.72. The second-order valence-electron chi connectivity index (χ2n) is 4.19. The first-order valence-corrected chi connectivity index (χ1v) is 7.24. The number of thiazole rings is 1. The van der Waals surface area contributed by atoms with Crippen molar-refractivity contribution in [1.29, 1.82) is 0 Å². The summed E-state index contributed by atoms with van der Waals surface area (Å²) in [5.74, 6) is -0.854. The van der Waals surface area contributed by atoms with Gasteiger partial charge in [0, 0.05) is 23.3 Å². The fourth-order valence-corrected chi connectivity index (χ4v) is 2.67. The number of hydrogen-bond donors (Lipinski definition) is 1. The first-order valence-electron chi connectivity index (χ1n) is 5.98. The van der Waals surface area contributed by atoms with E-state index in [1.807, 2.05) is 16.0 Å². The molecule has 0 atom stereocenters. The summed E-state index contributed by atoms with van der Waals surface area (Å²) in [4.78, 5) is 16.9. The van der Waals surface area contributed by atoms with E-state index in [0.717, 1.165) is 10.7 Å². The summed E-state index contributed by atoms with van der Waals surface area (Å²) in [6.07, 6.45) is 6.61. The van der Waals surface area contributed by atoms with Crippen molar-refractivity contribution >= 4 is 45.6 Å². The van der Waals surface area contributed by atoms with Crippen LogP contribution in [-0.4, -0.2) is 15.3 Å². The molecule has 0 aliphatic carbocycles. The minimum atomic E-state index is -0.524. The topological polar surface area (TPSA) is 46.4 Å². The molecule has 3 aromatic rings. The zero-order valence-electron chi connectivity index (χ0n) is 10.6. The van der Waals surface area contributed by atoms with Gasteiger partial charge in [-0.1, -0.05) is 11.6 Å². The maximum absolute atomic E-state index is 13.0. The lowest BCUT2D eigenvalue weighted by atomic mass is 10.3. The van der Waals surface area contributed by atoms with Crippen molar-refractivity contribution in [2.45, 2.75) is 0 Å². The molecule has 0 aliphatic rings. The molecule has 2 heterocycles. The molecule has 0 bridgehead atoms. The second kappa shape index (κ2) is 5.67. The number of rotatable bonds is 3. The van der Waals surface area contributed by atoms with E-state index >= 15 is 0 Å². The Balaban J connectivity index is 1.72. The number of hydrogen-bond acceptors (Lipinski definition) is 3. The zero-order valence-corrected chi connectivity index (χ0v) is 12.2. The van der Waals surface area contributed by atoms with Gasteiger partial charge >= 0.3 is 0 Å². The lowest BCUT2D eigenvalue weighted by molar-refractivity contribution is -0.111. The molecule has 4 nitrogen and oxygen atoms in total. The molecule has 0 saturated carbocycles. The van der Waals surface area contributed by atoms with Gasteiger partial charge in [0.1, 0.15) is 5.82 Å². The third kappa shape index (κ3) is 2.96. The van der Waals surface area contributed by atoms with Gasteiger partial charge in [-0.25, -0.2) is 9.37 Å². The Hall–Kier alpha value is -2.18. The first kappa shape index (κ1) is 13.8. The summed E-state index contributed by atoms with van der Waals surface area (Å²) in [6.45, 7) is 0. The van der Waals surface area contributed by atoms with Crippen LogP contribution in [0.4, 0.5) is 10.1 Å². The van der Waals surface area contributed by atoms with Gasteiger partial charge in [-0.3, -0.25) is 9.20 Å². The number of benzene rings is 1. The van der Waals surface area contributed by atoms with Gasteiger partial charge < -0.3 is 5.32 Å². The number of nitrogens with one attached hydrogen (secondary N) is 1. The number of carbonyl (C=O) groups is 1. The van der Waals surface area contributed by atoms with Crippen LogP contribution in [0.1, 0.15) is 5.69 Å². The van der Waals surface area contributed by atoms with E-state index in [4.69, 9.17) is 11.6 Å². The van der Waals surface area contributed by atoms with Gasteiger partial charge in [0.25, 0.3) is 0 Å². The predicted molar refractivity (Wildman–Crippen MR) is 82.1 cm³/mol. The lowest BCUT2D eigenvalue weighted by Gasteiger charge is -2.02. The molecular formula is C14H9ClFN3OS. The zero-order chi connectivity index (χ0) is 14.8. The lowest BCUT2D eigenvalue weighted by Crippen LogP contribution is -2.07. The quantitative estimate of drug-likeness (QED) is 0.745. The molecule has 0 saturated heterocycles. The third-order valence-electron chi connectivity index (χ3n) is 2.77. The summed E-state index contributed by atoms with van der Waals surface area (Å²) in [5, 5.41) is 4.49. The number of imidazole rings is 1. The largest absolute Gasteiger partial charge is 0.322 e. The van der Waals surface area contributed by atoms with Crippen LogP contribution in [0.25, 0.3) is 11.0 Å². The summed E-state index contributed by atoms with van der Waals surface area (Å²) in [6, 6.07) is 4.01. The van der Waals surface area contributed by atoms with Crippen LogP contribution in [0.15, 0.2) is 42.0 Å². The first-order chi connectivity index (χ1) is 10.1. The van der Waals surface area contributed by atoms with Crippen LogP contribution in [0.2, 0.25) is 5.02 Å². The molecule has 21 heavy (non-hydrogen) atoms. The molecule has 2 aromatic heterocycles. The smallest absolute Gasteiger partial charge is 0.248 e. The molecule has 106 valence electrons. The summed E-state index contributed by atoms with van der Waals surface area (Å²) in [5.41, 5.74) is 1.24. The van der Waals surface area contributed by atoms with E-state index in [1.54, 1.807) is 12.3 Å². The van der Waals surface area contributed by atoms with E-state index in [9.17, 15) is 9.18 Å². The Labute approximate surface area is 128 Å². The fraction of sp³-hybridized carbons (Fsp3) is 0.